The van der Waals surface area contributed by atoms with Gasteiger partial charge in [-0.1, -0.05) is 6.42 Å². The fourth-order valence-electron chi connectivity index (χ4n) is 4.88. The van der Waals surface area contributed by atoms with E-state index in [1.54, 1.807) is 25.6 Å². The van der Waals surface area contributed by atoms with Crippen LogP contribution in [-0.2, 0) is 6.42 Å². The lowest BCUT2D eigenvalue weighted by Gasteiger charge is -2.26. The predicted molar refractivity (Wildman–Crippen MR) is 151 cm³/mol. The molecular weight excluding hydrogens is 482 g/mol. The molecule has 6 heteroatoms. The number of Topliss-reactive ketones (excluding diaryl/α,β-unsaturated/α-hetero) is 1. The normalized spacial score (nSPS) is 14.0. The molecule has 0 radical (unpaired) electrons. The molecule has 3 aromatic carbocycles. The molecule has 0 spiro atoms. The largest absolute Gasteiger partial charge is 0.497 e. The molecule has 1 fully saturated rings. The van der Waals surface area contributed by atoms with Crippen LogP contribution < -0.4 is 14.2 Å². The van der Waals surface area contributed by atoms with Crippen LogP contribution in [0.3, 0.4) is 0 Å². The molecule has 0 bridgehead atoms. The van der Waals surface area contributed by atoms with Gasteiger partial charge in [-0.3, -0.25) is 9.69 Å². The van der Waals surface area contributed by atoms with E-state index >= 15 is 0 Å². The number of methoxy groups -OCH3 is 2. The average molecular weight is 516 g/mol. The number of carbonyl (C=O) groups is 1. The van der Waals surface area contributed by atoms with Gasteiger partial charge in [0.1, 0.15) is 23.9 Å². The fourth-order valence-corrected chi connectivity index (χ4v) is 6.14. The molecule has 0 atom stereocenters. The first kappa shape index (κ1) is 25.3. The summed E-state index contributed by atoms with van der Waals surface area (Å²) in [5.74, 6) is 2.51. The lowest BCUT2D eigenvalue weighted by atomic mass is 9.98. The number of piperidine rings is 1. The van der Waals surface area contributed by atoms with Gasteiger partial charge in [-0.2, -0.15) is 0 Å². The first-order valence-corrected chi connectivity index (χ1v) is 13.7. The van der Waals surface area contributed by atoms with Crippen LogP contribution in [0.1, 0.15) is 35.2 Å². The lowest BCUT2D eigenvalue weighted by molar-refractivity contribution is 0.0993. The van der Waals surface area contributed by atoms with Gasteiger partial charge in [0.25, 0.3) is 0 Å². The number of carbonyl (C=O) groups excluding carboxylic acids is 1. The number of ether oxygens (including phenoxy) is 3. The Kier molecular flexibility index (Phi) is 8.07. The van der Waals surface area contributed by atoms with Crippen LogP contribution in [0.4, 0.5) is 0 Å². The third kappa shape index (κ3) is 5.97. The summed E-state index contributed by atoms with van der Waals surface area (Å²) in [7, 11) is 3.33. The van der Waals surface area contributed by atoms with Crippen LogP contribution in [0, 0.1) is 0 Å². The van der Waals surface area contributed by atoms with Crippen molar-refractivity contribution in [1.29, 1.82) is 0 Å². The highest BCUT2D eigenvalue weighted by molar-refractivity contribution is 7.22. The molecule has 2 heterocycles. The summed E-state index contributed by atoms with van der Waals surface area (Å²) in [6.45, 7) is 3.95. The zero-order valence-electron chi connectivity index (χ0n) is 21.5. The van der Waals surface area contributed by atoms with Gasteiger partial charge in [0.05, 0.1) is 14.2 Å². The molecule has 1 aliphatic rings. The second-order valence-electron chi connectivity index (χ2n) is 9.38. The maximum atomic E-state index is 13.4. The van der Waals surface area contributed by atoms with Crippen molar-refractivity contribution in [3.05, 3.63) is 77.9 Å². The Morgan fingerprint density at radius 1 is 0.838 bits per heavy atom. The molecule has 1 aliphatic heterocycles. The number of nitrogens with zero attached hydrogens (tertiary/aromatic N) is 1. The van der Waals surface area contributed by atoms with Crippen LogP contribution >= 0.6 is 11.3 Å². The van der Waals surface area contributed by atoms with Crippen molar-refractivity contribution in [3.63, 3.8) is 0 Å². The summed E-state index contributed by atoms with van der Waals surface area (Å²) in [5.41, 5.74) is 2.80. The van der Waals surface area contributed by atoms with Crippen LogP contribution in [0.2, 0.25) is 0 Å². The zero-order valence-corrected chi connectivity index (χ0v) is 22.3. The van der Waals surface area contributed by atoms with E-state index in [-0.39, 0.29) is 5.78 Å². The first-order valence-electron chi connectivity index (χ1n) is 12.9. The quantitative estimate of drug-likeness (QED) is 0.216. The van der Waals surface area contributed by atoms with Gasteiger partial charge in [0, 0.05) is 28.1 Å². The van der Waals surface area contributed by atoms with E-state index in [2.05, 4.69) is 11.0 Å². The number of likely N-dealkylation sites (tertiary alicyclic amines) is 1. The van der Waals surface area contributed by atoms with E-state index < -0.39 is 0 Å². The Morgan fingerprint density at radius 2 is 1.51 bits per heavy atom. The van der Waals surface area contributed by atoms with Crippen LogP contribution in [0.5, 0.6) is 17.2 Å². The fraction of sp³-hybridized carbons (Fsp3) is 0.323. The molecule has 0 unspecified atom stereocenters. The minimum atomic E-state index is 0.0881. The topological polar surface area (TPSA) is 48.0 Å². The molecule has 1 saturated heterocycles. The van der Waals surface area contributed by atoms with E-state index in [0.29, 0.717) is 18.6 Å². The van der Waals surface area contributed by atoms with E-state index in [1.807, 2.05) is 60.7 Å². The monoisotopic (exact) mass is 515 g/mol. The minimum absolute atomic E-state index is 0.0881. The van der Waals surface area contributed by atoms with Crippen LogP contribution in [0.15, 0.2) is 66.7 Å². The SMILES string of the molecule is COc1ccc(-c2sc3cc(OC)ccc3c2CC(=O)c2ccc(OCCN3CCCCC3)cc2)cc1. The number of hydrogen-bond acceptors (Lipinski definition) is 6. The molecule has 0 saturated carbocycles. The van der Waals surface area contributed by atoms with Gasteiger partial charge >= 0.3 is 0 Å². The average Bonchev–Trinajstić information content (AvgIpc) is 3.31. The summed E-state index contributed by atoms with van der Waals surface area (Å²) >= 11 is 1.68. The van der Waals surface area contributed by atoms with Crippen LogP contribution in [-0.4, -0.2) is 51.1 Å². The van der Waals surface area contributed by atoms with Crippen molar-refractivity contribution < 1.29 is 19.0 Å². The van der Waals surface area contributed by atoms with Crippen molar-refractivity contribution >= 4 is 27.2 Å². The molecule has 0 N–H and O–H groups in total. The smallest absolute Gasteiger partial charge is 0.167 e. The Balaban J connectivity index is 1.33. The molecule has 5 nitrogen and oxygen atoms in total. The summed E-state index contributed by atoms with van der Waals surface area (Å²) in [6.07, 6.45) is 4.22. The third-order valence-electron chi connectivity index (χ3n) is 6.99. The number of ketones is 1. The van der Waals surface area contributed by atoms with E-state index in [1.165, 1.54) is 32.4 Å². The van der Waals surface area contributed by atoms with Gasteiger partial charge < -0.3 is 14.2 Å². The highest BCUT2D eigenvalue weighted by Crippen LogP contribution is 2.41. The molecule has 0 aliphatic carbocycles. The summed E-state index contributed by atoms with van der Waals surface area (Å²) in [6, 6.07) is 21.6. The third-order valence-corrected chi connectivity index (χ3v) is 8.23. The maximum absolute atomic E-state index is 13.4. The van der Waals surface area contributed by atoms with Crippen molar-refractivity contribution in [1.82, 2.24) is 4.90 Å². The maximum Gasteiger partial charge on any atom is 0.167 e. The van der Waals surface area contributed by atoms with Crippen molar-refractivity contribution in [2.45, 2.75) is 25.7 Å². The minimum Gasteiger partial charge on any atom is -0.497 e. The molecule has 0 amide bonds. The molecule has 192 valence electrons. The number of benzene rings is 3. The Morgan fingerprint density at radius 3 is 2.22 bits per heavy atom. The standard InChI is InChI=1S/C31H33NO4S/c1-34-24-10-8-23(9-11-24)31-28(27-15-14-26(35-2)20-30(27)37-31)21-29(33)22-6-12-25(13-7-22)36-19-18-32-16-4-3-5-17-32/h6-15,20H,3-5,16-19,21H2,1-2H3. The Hall–Kier alpha value is -3.35. The second-order valence-corrected chi connectivity index (χ2v) is 10.4. The van der Waals surface area contributed by atoms with Gasteiger partial charge in [0.2, 0.25) is 0 Å². The summed E-state index contributed by atoms with van der Waals surface area (Å²) in [5, 5.41) is 1.09. The summed E-state index contributed by atoms with van der Waals surface area (Å²) in [4.78, 5) is 17.0. The highest BCUT2D eigenvalue weighted by Gasteiger charge is 2.19. The van der Waals surface area contributed by atoms with Gasteiger partial charge in [0.15, 0.2) is 5.78 Å². The zero-order chi connectivity index (χ0) is 25.6. The van der Waals surface area contributed by atoms with E-state index in [9.17, 15) is 4.79 Å². The van der Waals surface area contributed by atoms with Crippen molar-refractivity contribution in [2.24, 2.45) is 0 Å². The van der Waals surface area contributed by atoms with E-state index in [0.717, 1.165) is 49.9 Å². The Labute approximate surface area is 222 Å². The Bertz CT molecular complexity index is 1340. The van der Waals surface area contributed by atoms with Crippen LogP contribution in [0.25, 0.3) is 20.5 Å². The number of hydrogen-bond donors (Lipinski definition) is 0. The second kappa shape index (κ2) is 11.8. The number of rotatable bonds is 10. The first-order chi connectivity index (χ1) is 18.1. The van der Waals surface area contributed by atoms with Gasteiger partial charge in [-0.15, -0.1) is 11.3 Å². The molecule has 5 rings (SSSR count). The number of fused-ring (bicyclic) bond motifs is 1. The molecular formula is C31H33NO4S. The van der Waals surface area contributed by atoms with Crippen molar-refractivity contribution in [3.8, 4) is 27.7 Å². The highest BCUT2D eigenvalue weighted by atomic mass is 32.1. The number of thiophene rings is 1. The molecule has 1 aromatic heterocycles. The summed E-state index contributed by atoms with van der Waals surface area (Å²) < 4.78 is 17.8. The molecule has 4 aromatic rings. The van der Waals surface area contributed by atoms with Gasteiger partial charge in [-0.25, -0.2) is 0 Å². The van der Waals surface area contributed by atoms with Gasteiger partial charge in [-0.05, 0) is 109 Å². The molecule has 37 heavy (non-hydrogen) atoms. The predicted octanol–water partition coefficient (Wildman–Crippen LogP) is 6.88. The van der Waals surface area contributed by atoms with E-state index in [4.69, 9.17) is 14.2 Å². The lowest BCUT2D eigenvalue weighted by Crippen LogP contribution is -2.33. The van der Waals surface area contributed by atoms with Crippen molar-refractivity contribution in [2.75, 3.05) is 40.5 Å².